The molecule has 0 spiro atoms. The number of benzene rings is 1. The summed E-state index contributed by atoms with van der Waals surface area (Å²) in [6, 6.07) is 7.40. The number of rotatable bonds is 5. The second kappa shape index (κ2) is 6.57. The highest BCUT2D eigenvalue weighted by molar-refractivity contribution is 7.16. The standard InChI is InChI=1S/C14H14Cl2O3S/c1-17-9-5-4-8(13(18-2)14(9)19-3)12(16)10-6-7-11(15)20-10/h4-7,12H,1-3H3. The summed E-state index contributed by atoms with van der Waals surface area (Å²) in [5, 5.41) is -0.359. The summed E-state index contributed by atoms with van der Waals surface area (Å²) in [7, 11) is 4.72. The number of methoxy groups -OCH3 is 3. The van der Waals surface area contributed by atoms with Crippen LogP contribution in [0, 0.1) is 0 Å². The molecule has 1 aromatic heterocycles. The topological polar surface area (TPSA) is 27.7 Å². The molecule has 0 radical (unpaired) electrons. The number of ether oxygens (including phenoxy) is 3. The van der Waals surface area contributed by atoms with E-state index in [0.29, 0.717) is 21.6 Å². The van der Waals surface area contributed by atoms with E-state index in [0.717, 1.165) is 10.4 Å². The predicted molar refractivity (Wildman–Crippen MR) is 83.1 cm³/mol. The molecule has 1 aromatic carbocycles. The number of thiophene rings is 1. The third-order valence-corrected chi connectivity index (χ3v) is 4.75. The van der Waals surface area contributed by atoms with Gasteiger partial charge in [0.2, 0.25) is 5.75 Å². The van der Waals surface area contributed by atoms with Crippen LogP contribution in [0.4, 0.5) is 0 Å². The maximum absolute atomic E-state index is 6.53. The van der Waals surface area contributed by atoms with Crippen molar-refractivity contribution in [3.05, 3.63) is 39.0 Å². The first-order valence-electron chi connectivity index (χ1n) is 5.80. The molecule has 0 N–H and O–H groups in total. The molecule has 0 amide bonds. The van der Waals surface area contributed by atoms with Gasteiger partial charge in [0.05, 0.1) is 31.0 Å². The fourth-order valence-corrected chi connectivity index (χ4v) is 3.38. The molecule has 0 aliphatic heterocycles. The number of alkyl halides is 1. The Kier molecular flexibility index (Phi) is 5.02. The SMILES string of the molecule is COc1ccc(C(Cl)c2ccc(Cl)s2)c(OC)c1OC. The van der Waals surface area contributed by atoms with Crippen LogP contribution in [0.15, 0.2) is 24.3 Å². The minimum atomic E-state index is -0.359. The van der Waals surface area contributed by atoms with Crippen molar-refractivity contribution >= 4 is 34.5 Å². The van der Waals surface area contributed by atoms with Gasteiger partial charge < -0.3 is 14.2 Å². The fraction of sp³-hybridized carbons (Fsp3) is 0.286. The van der Waals surface area contributed by atoms with Crippen molar-refractivity contribution < 1.29 is 14.2 Å². The van der Waals surface area contributed by atoms with E-state index in [4.69, 9.17) is 37.4 Å². The van der Waals surface area contributed by atoms with E-state index in [-0.39, 0.29) is 5.38 Å². The first-order chi connectivity index (χ1) is 9.62. The van der Waals surface area contributed by atoms with E-state index >= 15 is 0 Å². The lowest BCUT2D eigenvalue weighted by Gasteiger charge is -2.18. The van der Waals surface area contributed by atoms with E-state index < -0.39 is 0 Å². The lowest BCUT2D eigenvalue weighted by atomic mass is 10.1. The molecule has 2 aromatic rings. The van der Waals surface area contributed by atoms with Crippen molar-refractivity contribution in [2.45, 2.75) is 5.38 Å². The summed E-state index contributed by atoms with van der Waals surface area (Å²) in [4.78, 5) is 0.946. The second-order valence-corrected chi connectivity index (χ2v) is 6.11. The Hall–Kier alpha value is -1.10. The van der Waals surface area contributed by atoms with E-state index in [9.17, 15) is 0 Å². The van der Waals surface area contributed by atoms with Gasteiger partial charge in [-0.2, -0.15) is 0 Å². The Morgan fingerprint density at radius 2 is 1.65 bits per heavy atom. The Morgan fingerprint density at radius 1 is 0.950 bits per heavy atom. The van der Waals surface area contributed by atoms with Crippen molar-refractivity contribution in [3.63, 3.8) is 0 Å². The van der Waals surface area contributed by atoms with Gasteiger partial charge >= 0.3 is 0 Å². The lowest BCUT2D eigenvalue weighted by molar-refractivity contribution is 0.322. The van der Waals surface area contributed by atoms with Crippen molar-refractivity contribution in [1.29, 1.82) is 0 Å². The first kappa shape index (κ1) is 15.3. The normalized spacial score (nSPS) is 12.1. The van der Waals surface area contributed by atoms with Gasteiger partial charge in [-0.25, -0.2) is 0 Å². The Bertz CT molecular complexity index is 598. The fourth-order valence-electron chi connectivity index (χ4n) is 1.94. The van der Waals surface area contributed by atoms with Gasteiger partial charge in [-0.3, -0.25) is 0 Å². The van der Waals surface area contributed by atoms with Crippen molar-refractivity contribution in [1.82, 2.24) is 0 Å². The minimum Gasteiger partial charge on any atom is -0.493 e. The summed E-state index contributed by atoms with van der Waals surface area (Å²) < 4.78 is 16.8. The highest BCUT2D eigenvalue weighted by Crippen LogP contribution is 2.46. The van der Waals surface area contributed by atoms with E-state index in [1.54, 1.807) is 27.4 Å². The van der Waals surface area contributed by atoms with Gasteiger partial charge in [0.1, 0.15) is 0 Å². The Labute approximate surface area is 132 Å². The smallest absolute Gasteiger partial charge is 0.203 e. The summed E-state index contributed by atoms with van der Waals surface area (Å²) in [6.07, 6.45) is 0. The van der Waals surface area contributed by atoms with Crippen molar-refractivity contribution in [2.24, 2.45) is 0 Å². The molecule has 1 atom stereocenters. The molecule has 0 fully saturated rings. The summed E-state index contributed by atoms with van der Waals surface area (Å²) in [5.41, 5.74) is 0.810. The molecule has 0 bridgehead atoms. The van der Waals surface area contributed by atoms with Gasteiger partial charge in [0.25, 0.3) is 0 Å². The molecule has 2 rings (SSSR count). The van der Waals surface area contributed by atoms with Crippen LogP contribution in [0.3, 0.4) is 0 Å². The zero-order valence-electron chi connectivity index (χ0n) is 11.3. The molecule has 0 saturated heterocycles. The van der Waals surface area contributed by atoms with Crippen LogP contribution in [0.25, 0.3) is 0 Å². The van der Waals surface area contributed by atoms with E-state index in [1.807, 2.05) is 18.2 Å². The summed E-state index contributed by atoms with van der Waals surface area (Å²) >= 11 is 13.9. The lowest BCUT2D eigenvalue weighted by Crippen LogP contribution is -2.00. The molecular formula is C14H14Cl2O3S. The predicted octanol–water partition coefficient (Wildman–Crippen LogP) is 4.76. The monoisotopic (exact) mass is 332 g/mol. The van der Waals surface area contributed by atoms with Gasteiger partial charge in [-0.1, -0.05) is 11.6 Å². The maximum atomic E-state index is 6.53. The molecule has 6 heteroatoms. The van der Waals surface area contributed by atoms with Crippen molar-refractivity contribution in [3.8, 4) is 17.2 Å². The molecule has 3 nitrogen and oxygen atoms in total. The number of hydrogen-bond acceptors (Lipinski definition) is 4. The number of hydrogen-bond donors (Lipinski definition) is 0. The van der Waals surface area contributed by atoms with Crippen LogP contribution < -0.4 is 14.2 Å². The van der Waals surface area contributed by atoms with Gasteiger partial charge in [-0.05, 0) is 24.3 Å². The van der Waals surface area contributed by atoms with Crippen LogP contribution in [-0.2, 0) is 0 Å². The zero-order chi connectivity index (χ0) is 14.7. The summed E-state index contributed by atoms with van der Waals surface area (Å²) in [5.74, 6) is 1.69. The highest BCUT2D eigenvalue weighted by Gasteiger charge is 2.23. The first-order valence-corrected chi connectivity index (χ1v) is 7.43. The van der Waals surface area contributed by atoms with E-state index in [2.05, 4.69) is 0 Å². The largest absolute Gasteiger partial charge is 0.493 e. The molecule has 0 saturated carbocycles. The van der Waals surface area contributed by atoms with Crippen molar-refractivity contribution in [2.75, 3.05) is 21.3 Å². The van der Waals surface area contributed by atoms with Crippen LogP contribution in [0.2, 0.25) is 4.34 Å². The molecular weight excluding hydrogens is 319 g/mol. The van der Waals surface area contributed by atoms with Gasteiger partial charge in [0, 0.05) is 10.4 Å². The zero-order valence-corrected chi connectivity index (χ0v) is 13.6. The summed E-state index contributed by atoms with van der Waals surface area (Å²) in [6.45, 7) is 0. The van der Waals surface area contributed by atoms with Gasteiger partial charge in [0.15, 0.2) is 11.5 Å². The molecule has 20 heavy (non-hydrogen) atoms. The number of halogens is 2. The maximum Gasteiger partial charge on any atom is 0.203 e. The molecule has 0 aliphatic rings. The van der Waals surface area contributed by atoms with Gasteiger partial charge in [-0.15, -0.1) is 22.9 Å². The van der Waals surface area contributed by atoms with Crippen LogP contribution in [0.1, 0.15) is 15.8 Å². The quantitative estimate of drug-likeness (QED) is 0.739. The Morgan fingerprint density at radius 3 is 2.15 bits per heavy atom. The third-order valence-electron chi connectivity index (χ3n) is 2.85. The van der Waals surface area contributed by atoms with Crippen LogP contribution in [-0.4, -0.2) is 21.3 Å². The average Bonchev–Trinajstić information content (AvgIpc) is 2.91. The van der Waals surface area contributed by atoms with Crippen LogP contribution >= 0.6 is 34.5 Å². The molecule has 108 valence electrons. The molecule has 1 unspecified atom stereocenters. The minimum absolute atomic E-state index is 0.359. The van der Waals surface area contributed by atoms with E-state index in [1.165, 1.54) is 11.3 Å². The third kappa shape index (κ3) is 2.82. The molecule has 0 aliphatic carbocycles. The molecule has 1 heterocycles. The van der Waals surface area contributed by atoms with Crippen LogP contribution in [0.5, 0.6) is 17.2 Å². The highest BCUT2D eigenvalue weighted by atomic mass is 35.5. The second-order valence-electron chi connectivity index (χ2n) is 3.93. The Balaban J connectivity index is 2.51. The average molecular weight is 333 g/mol.